The number of nitrogens with one attached hydrogen (secondary N) is 2. The van der Waals surface area contributed by atoms with Crippen LogP contribution in [0.1, 0.15) is 55.1 Å². The van der Waals surface area contributed by atoms with Gasteiger partial charge in [-0.3, -0.25) is 19.7 Å². The van der Waals surface area contributed by atoms with Crippen molar-refractivity contribution < 1.29 is 23.9 Å². The van der Waals surface area contributed by atoms with Gasteiger partial charge in [0.05, 0.1) is 11.6 Å². The van der Waals surface area contributed by atoms with Crippen LogP contribution in [0.25, 0.3) is 0 Å². The molecular weight excluding hydrogens is 460 g/mol. The number of alkyl carbamates (subject to hydrolysis) is 1. The summed E-state index contributed by atoms with van der Waals surface area (Å²) in [5.41, 5.74) is 0.717. The van der Waals surface area contributed by atoms with Gasteiger partial charge in [-0.25, -0.2) is 4.79 Å². The molecule has 4 amide bonds. The van der Waals surface area contributed by atoms with Crippen molar-refractivity contribution in [1.29, 1.82) is 5.26 Å². The van der Waals surface area contributed by atoms with Crippen molar-refractivity contribution >= 4 is 23.8 Å². The van der Waals surface area contributed by atoms with Crippen molar-refractivity contribution in [2.24, 2.45) is 0 Å². The van der Waals surface area contributed by atoms with E-state index < -0.39 is 41.5 Å². The summed E-state index contributed by atoms with van der Waals surface area (Å²) in [5, 5.41) is 13.9. The van der Waals surface area contributed by atoms with Crippen LogP contribution in [0.2, 0.25) is 0 Å². The maximum absolute atomic E-state index is 13.6. The standard InChI is InChI=1S/C27H30N4O5/c1-27(2,3)36-26(35)29-21(16-18-8-5-4-6-9-18)25(34)31-15-7-10-22(31)24(33)30-23(32)20-13-11-19(17-28)12-14-20/h4-6,8-9,11-14,21-22H,7,10,15-16H2,1-3H3,(H,29,35)(H,30,32,33)/t21-,22-/m0/s1. The summed E-state index contributed by atoms with van der Waals surface area (Å²) in [7, 11) is 0. The van der Waals surface area contributed by atoms with Gasteiger partial charge in [-0.2, -0.15) is 5.26 Å². The Labute approximate surface area is 210 Å². The summed E-state index contributed by atoms with van der Waals surface area (Å²) in [6.07, 6.45) is 0.462. The van der Waals surface area contributed by atoms with Crippen LogP contribution in [-0.4, -0.2) is 52.9 Å². The Bertz CT molecular complexity index is 1150. The molecule has 0 aromatic heterocycles. The van der Waals surface area contributed by atoms with E-state index in [0.29, 0.717) is 24.9 Å². The number of hydrogen-bond acceptors (Lipinski definition) is 6. The average molecular weight is 491 g/mol. The van der Waals surface area contributed by atoms with E-state index in [0.717, 1.165) is 5.56 Å². The van der Waals surface area contributed by atoms with Crippen molar-refractivity contribution in [2.45, 2.75) is 57.7 Å². The second kappa shape index (κ2) is 11.5. The van der Waals surface area contributed by atoms with E-state index in [1.54, 1.807) is 20.8 Å². The molecule has 2 aromatic rings. The molecule has 1 heterocycles. The molecule has 188 valence electrons. The lowest BCUT2D eigenvalue weighted by atomic mass is 10.0. The second-order valence-corrected chi connectivity index (χ2v) is 9.59. The highest BCUT2D eigenvalue weighted by atomic mass is 16.6. The Balaban J connectivity index is 1.74. The fraction of sp³-hybridized carbons (Fsp3) is 0.370. The van der Waals surface area contributed by atoms with E-state index in [4.69, 9.17) is 10.00 Å². The number of rotatable bonds is 6. The van der Waals surface area contributed by atoms with Crippen molar-refractivity contribution in [1.82, 2.24) is 15.5 Å². The Morgan fingerprint density at radius 3 is 2.36 bits per heavy atom. The molecule has 0 bridgehead atoms. The average Bonchev–Trinajstić information content (AvgIpc) is 3.33. The molecule has 36 heavy (non-hydrogen) atoms. The van der Waals surface area contributed by atoms with Gasteiger partial charge in [0.15, 0.2) is 0 Å². The number of benzene rings is 2. The van der Waals surface area contributed by atoms with E-state index >= 15 is 0 Å². The molecule has 2 aromatic carbocycles. The van der Waals surface area contributed by atoms with Crippen LogP contribution in [0.5, 0.6) is 0 Å². The number of amides is 4. The van der Waals surface area contributed by atoms with E-state index in [-0.39, 0.29) is 12.0 Å². The zero-order valence-corrected chi connectivity index (χ0v) is 20.6. The lowest BCUT2D eigenvalue weighted by Crippen LogP contribution is -2.55. The third-order valence-electron chi connectivity index (χ3n) is 5.62. The highest BCUT2D eigenvalue weighted by Crippen LogP contribution is 2.20. The van der Waals surface area contributed by atoms with Crippen molar-refractivity contribution in [2.75, 3.05) is 6.54 Å². The van der Waals surface area contributed by atoms with Gasteiger partial charge < -0.3 is 15.0 Å². The third-order valence-corrected chi connectivity index (χ3v) is 5.62. The molecule has 2 N–H and O–H groups in total. The smallest absolute Gasteiger partial charge is 0.408 e. The zero-order valence-electron chi connectivity index (χ0n) is 20.6. The maximum Gasteiger partial charge on any atom is 0.408 e. The molecule has 0 aliphatic carbocycles. The molecule has 1 aliphatic rings. The van der Waals surface area contributed by atoms with Crippen LogP contribution in [0.15, 0.2) is 54.6 Å². The summed E-state index contributed by atoms with van der Waals surface area (Å²) in [6.45, 7) is 5.51. The minimum absolute atomic E-state index is 0.216. The molecule has 9 nitrogen and oxygen atoms in total. The lowest BCUT2D eigenvalue weighted by Gasteiger charge is -2.29. The SMILES string of the molecule is CC(C)(C)OC(=O)N[C@@H](Cc1ccccc1)C(=O)N1CCC[C@H]1C(=O)NC(=O)c1ccc(C#N)cc1. The first-order chi connectivity index (χ1) is 17.1. The molecule has 0 saturated carbocycles. The number of carbonyl (C=O) groups excluding carboxylic acids is 4. The van der Waals surface area contributed by atoms with Gasteiger partial charge in [-0.1, -0.05) is 30.3 Å². The normalized spacial score (nSPS) is 15.9. The number of hydrogen-bond donors (Lipinski definition) is 2. The van der Waals surface area contributed by atoms with Crippen LogP contribution < -0.4 is 10.6 Å². The lowest BCUT2D eigenvalue weighted by molar-refractivity contribution is -0.139. The number of nitrogens with zero attached hydrogens (tertiary/aromatic N) is 2. The molecular formula is C27H30N4O5. The molecule has 0 unspecified atom stereocenters. The third kappa shape index (κ3) is 7.15. The first-order valence-corrected chi connectivity index (χ1v) is 11.8. The van der Waals surface area contributed by atoms with Crippen LogP contribution >= 0.6 is 0 Å². The van der Waals surface area contributed by atoms with Crippen LogP contribution in [0.4, 0.5) is 4.79 Å². The number of nitriles is 1. The highest BCUT2D eigenvalue weighted by Gasteiger charge is 2.38. The van der Waals surface area contributed by atoms with E-state index in [1.165, 1.54) is 29.2 Å². The van der Waals surface area contributed by atoms with Gasteiger partial charge in [0.1, 0.15) is 17.7 Å². The number of ether oxygens (including phenoxy) is 1. The zero-order chi connectivity index (χ0) is 26.3. The first kappa shape index (κ1) is 26.4. The Morgan fingerprint density at radius 2 is 1.75 bits per heavy atom. The van der Waals surface area contributed by atoms with Crippen molar-refractivity contribution in [3.8, 4) is 6.07 Å². The number of imide groups is 1. The Kier molecular flexibility index (Phi) is 8.43. The summed E-state index contributed by atoms with van der Waals surface area (Å²) >= 11 is 0. The van der Waals surface area contributed by atoms with Crippen LogP contribution in [0, 0.1) is 11.3 Å². The Morgan fingerprint density at radius 1 is 1.08 bits per heavy atom. The fourth-order valence-corrected chi connectivity index (χ4v) is 3.97. The summed E-state index contributed by atoms with van der Waals surface area (Å²) in [6, 6.07) is 15.3. The predicted molar refractivity (Wildman–Crippen MR) is 132 cm³/mol. The van der Waals surface area contributed by atoms with Gasteiger partial charge in [0.25, 0.3) is 5.91 Å². The number of carbonyl (C=O) groups is 4. The summed E-state index contributed by atoms with van der Waals surface area (Å²) in [5.74, 6) is -1.63. The van der Waals surface area contributed by atoms with Gasteiger partial charge in [-0.05, 0) is 63.4 Å². The number of likely N-dealkylation sites (tertiary alicyclic amines) is 1. The molecule has 1 saturated heterocycles. The van der Waals surface area contributed by atoms with Gasteiger partial charge >= 0.3 is 6.09 Å². The maximum atomic E-state index is 13.6. The topological polar surface area (TPSA) is 129 Å². The van der Waals surface area contributed by atoms with Crippen molar-refractivity contribution in [3.63, 3.8) is 0 Å². The van der Waals surface area contributed by atoms with Gasteiger partial charge in [-0.15, -0.1) is 0 Å². The predicted octanol–water partition coefficient (Wildman–Crippen LogP) is 2.94. The van der Waals surface area contributed by atoms with E-state index in [2.05, 4.69) is 10.6 Å². The fourth-order valence-electron chi connectivity index (χ4n) is 3.97. The Hall–Kier alpha value is -4.19. The summed E-state index contributed by atoms with van der Waals surface area (Å²) < 4.78 is 5.35. The molecule has 1 aliphatic heterocycles. The minimum atomic E-state index is -0.954. The van der Waals surface area contributed by atoms with Gasteiger partial charge in [0, 0.05) is 18.5 Å². The van der Waals surface area contributed by atoms with Crippen molar-refractivity contribution in [3.05, 3.63) is 71.3 Å². The largest absolute Gasteiger partial charge is 0.444 e. The molecule has 1 fully saturated rings. The quantitative estimate of drug-likeness (QED) is 0.599. The monoisotopic (exact) mass is 490 g/mol. The molecule has 0 spiro atoms. The minimum Gasteiger partial charge on any atom is -0.444 e. The van der Waals surface area contributed by atoms with E-state index in [1.807, 2.05) is 36.4 Å². The first-order valence-electron chi connectivity index (χ1n) is 11.8. The summed E-state index contributed by atoms with van der Waals surface area (Å²) in [4.78, 5) is 53.0. The van der Waals surface area contributed by atoms with E-state index in [9.17, 15) is 19.2 Å². The molecule has 2 atom stereocenters. The molecule has 0 radical (unpaired) electrons. The highest BCUT2D eigenvalue weighted by molar-refractivity contribution is 6.07. The van der Waals surface area contributed by atoms with Crippen LogP contribution in [0.3, 0.4) is 0 Å². The van der Waals surface area contributed by atoms with Gasteiger partial charge in [0.2, 0.25) is 11.8 Å². The molecule has 3 rings (SSSR count). The second-order valence-electron chi connectivity index (χ2n) is 9.59. The van der Waals surface area contributed by atoms with Crippen LogP contribution in [-0.2, 0) is 20.7 Å². The molecule has 9 heteroatoms.